The maximum atomic E-state index is 14.3. The van der Waals surface area contributed by atoms with Gasteiger partial charge in [-0.25, -0.2) is 9.37 Å². The molecule has 2 heterocycles. The molecule has 2 aromatic heterocycles. The topological polar surface area (TPSA) is 119 Å². The minimum absolute atomic E-state index is 0.0293. The summed E-state index contributed by atoms with van der Waals surface area (Å²) in [5.41, 5.74) is 12.6. The number of hydrogen-bond acceptors (Lipinski definition) is 6. The minimum Gasteiger partial charge on any atom is -0.366 e. The first-order valence-corrected chi connectivity index (χ1v) is 8.58. The molecule has 0 aliphatic heterocycles. The first kappa shape index (κ1) is 17.2. The number of carbonyl (C=O) groups is 1. The summed E-state index contributed by atoms with van der Waals surface area (Å²) in [6.45, 7) is 0.411. The lowest BCUT2D eigenvalue weighted by molar-refractivity contribution is 0.100. The molecule has 0 spiro atoms. The van der Waals surface area contributed by atoms with Crippen molar-refractivity contribution in [3.8, 4) is 0 Å². The first-order chi connectivity index (χ1) is 12.9. The number of benzene rings is 1. The van der Waals surface area contributed by atoms with Crippen molar-refractivity contribution in [2.75, 3.05) is 17.2 Å². The van der Waals surface area contributed by atoms with E-state index in [9.17, 15) is 9.18 Å². The monoisotopic (exact) mass is 366 g/mol. The van der Waals surface area contributed by atoms with Crippen LogP contribution >= 0.6 is 0 Å². The van der Waals surface area contributed by atoms with Gasteiger partial charge in [0.2, 0.25) is 0 Å². The van der Waals surface area contributed by atoms with Crippen LogP contribution in [0.15, 0.2) is 42.6 Å². The van der Waals surface area contributed by atoms with Crippen LogP contribution in [-0.2, 0) is 0 Å². The molecule has 8 heteroatoms. The Labute approximate surface area is 155 Å². The van der Waals surface area contributed by atoms with Gasteiger partial charge in [0.05, 0.1) is 11.1 Å². The van der Waals surface area contributed by atoms with Crippen molar-refractivity contribution in [2.45, 2.75) is 18.4 Å². The van der Waals surface area contributed by atoms with E-state index in [-0.39, 0.29) is 22.7 Å². The number of nitrogens with zero attached hydrogens (tertiary/aromatic N) is 2. The summed E-state index contributed by atoms with van der Waals surface area (Å²) in [6.07, 6.45) is 3.48. The van der Waals surface area contributed by atoms with Crippen LogP contribution in [0.1, 0.15) is 23.2 Å². The summed E-state index contributed by atoms with van der Waals surface area (Å²) in [4.78, 5) is 20.2. The average Bonchev–Trinajstić information content (AvgIpc) is 3.39. The number of aromatic nitrogens is 2. The van der Waals surface area contributed by atoms with E-state index in [2.05, 4.69) is 20.6 Å². The molecule has 3 aromatic rings. The Kier molecular flexibility index (Phi) is 4.12. The van der Waals surface area contributed by atoms with Gasteiger partial charge in [-0.2, -0.15) is 0 Å². The standard InChI is InChI=1S/C19H19FN6O/c20-14-9-13(16(21)27)17(26-18(14)24-10-19(22)5-6-19)25-12-3-4-15-11(8-12)2-1-7-23-15/h1-4,7-9H,5-6,10,22H2,(H2,21,27)(H2,24,25,26). The molecular formula is C19H19FN6O. The highest BCUT2D eigenvalue weighted by Crippen LogP contribution is 2.33. The molecule has 4 rings (SSSR count). The van der Waals surface area contributed by atoms with E-state index < -0.39 is 11.7 Å². The van der Waals surface area contributed by atoms with Gasteiger partial charge < -0.3 is 22.1 Å². The quantitative estimate of drug-likeness (QED) is 0.532. The number of halogens is 1. The molecular weight excluding hydrogens is 347 g/mol. The molecule has 6 N–H and O–H groups in total. The van der Waals surface area contributed by atoms with E-state index in [1.807, 2.05) is 24.3 Å². The maximum Gasteiger partial charge on any atom is 0.252 e. The number of anilines is 3. The predicted octanol–water partition coefficient (Wildman–Crippen LogP) is 2.51. The normalized spacial score (nSPS) is 14.7. The molecule has 27 heavy (non-hydrogen) atoms. The third-order valence-corrected chi connectivity index (χ3v) is 4.61. The van der Waals surface area contributed by atoms with Crippen molar-refractivity contribution < 1.29 is 9.18 Å². The molecule has 0 unspecified atom stereocenters. The number of fused-ring (bicyclic) bond motifs is 1. The fraction of sp³-hybridized carbons (Fsp3) is 0.211. The molecule has 0 atom stereocenters. The number of pyridine rings is 2. The molecule has 1 amide bonds. The lowest BCUT2D eigenvalue weighted by Gasteiger charge is -2.15. The van der Waals surface area contributed by atoms with Crippen LogP contribution in [0.25, 0.3) is 10.9 Å². The van der Waals surface area contributed by atoms with E-state index in [0.717, 1.165) is 29.8 Å². The highest BCUT2D eigenvalue weighted by Gasteiger charge is 2.38. The van der Waals surface area contributed by atoms with Gasteiger partial charge in [0.1, 0.15) is 5.82 Å². The third-order valence-electron chi connectivity index (χ3n) is 4.61. The summed E-state index contributed by atoms with van der Waals surface area (Å²) in [7, 11) is 0. The molecule has 0 radical (unpaired) electrons. The molecule has 1 saturated carbocycles. The summed E-state index contributed by atoms with van der Waals surface area (Å²) in [5, 5.41) is 6.89. The van der Waals surface area contributed by atoms with Crippen LogP contribution in [0.3, 0.4) is 0 Å². The lowest BCUT2D eigenvalue weighted by atomic mass is 10.2. The number of rotatable bonds is 6. The Bertz CT molecular complexity index is 1030. The van der Waals surface area contributed by atoms with Gasteiger partial charge in [0.15, 0.2) is 11.6 Å². The lowest BCUT2D eigenvalue weighted by Crippen LogP contribution is -2.31. The number of carbonyl (C=O) groups excluding carboxylic acids is 1. The second-order valence-corrected chi connectivity index (χ2v) is 6.83. The molecule has 1 aliphatic carbocycles. The highest BCUT2D eigenvalue weighted by molar-refractivity contribution is 5.99. The maximum absolute atomic E-state index is 14.3. The Morgan fingerprint density at radius 1 is 1.22 bits per heavy atom. The molecule has 0 bridgehead atoms. The molecule has 0 saturated heterocycles. The van der Waals surface area contributed by atoms with Crippen LogP contribution in [0.4, 0.5) is 21.7 Å². The van der Waals surface area contributed by atoms with Crippen LogP contribution in [-0.4, -0.2) is 28.0 Å². The van der Waals surface area contributed by atoms with Crippen LogP contribution in [0, 0.1) is 5.82 Å². The second-order valence-electron chi connectivity index (χ2n) is 6.83. The largest absolute Gasteiger partial charge is 0.366 e. The fourth-order valence-electron chi connectivity index (χ4n) is 2.78. The van der Waals surface area contributed by atoms with Crippen LogP contribution < -0.4 is 22.1 Å². The van der Waals surface area contributed by atoms with Gasteiger partial charge >= 0.3 is 0 Å². The predicted molar refractivity (Wildman–Crippen MR) is 102 cm³/mol. The van der Waals surface area contributed by atoms with Crippen LogP contribution in [0.5, 0.6) is 0 Å². The zero-order valence-electron chi connectivity index (χ0n) is 14.5. The van der Waals surface area contributed by atoms with Crippen molar-refractivity contribution in [2.24, 2.45) is 11.5 Å². The van der Waals surface area contributed by atoms with E-state index in [0.29, 0.717) is 12.2 Å². The fourth-order valence-corrected chi connectivity index (χ4v) is 2.78. The van der Waals surface area contributed by atoms with Crippen molar-refractivity contribution in [1.29, 1.82) is 0 Å². The minimum atomic E-state index is -0.768. The van der Waals surface area contributed by atoms with Gasteiger partial charge in [-0.3, -0.25) is 9.78 Å². The van der Waals surface area contributed by atoms with Gasteiger partial charge in [0, 0.05) is 29.4 Å². The average molecular weight is 366 g/mol. The SMILES string of the molecule is NC(=O)c1cc(F)c(NCC2(N)CC2)nc1Nc1ccc2ncccc2c1. The van der Waals surface area contributed by atoms with Crippen molar-refractivity contribution in [3.05, 3.63) is 54.0 Å². The highest BCUT2D eigenvalue weighted by atomic mass is 19.1. The number of primary amides is 1. The van der Waals surface area contributed by atoms with Gasteiger partial charge in [-0.15, -0.1) is 0 Å². The van der Waals surface area contributed by atoms with Crippen molar-refractivity contribution >= 4 is 34.1 Å². The Balaban J connectivity index is 1.66. The Morgan fingerprint density at radius 3 is 2.78 bits per heavy atom. The second kappa shape index (κ2) is 6.48. The molecule has 1 fully saturated rings. The number of amides is 1. The van der Waals surface area contributed by atoms with Crippen molar-refractivity contribution in [1.82, 2.24) is 9.97 Å². The summed E-state index contributed by atoms with van der Waals surface area (Å²) in [6, 6.07) is 10.3. The Hall–Kier alpha value is -3.26. The summed E-state index contributed by atoms with van der Waals surface area (Å²) in [5.74, 6) is -1.21. The molecule has 1 aliphatic rings. The third kappa shape index (κ3) is 3.65. The molecule has 138 valence electrons. The van der Waals surface area contributed by atoms with E-state index in [4.69, 9.17) is 11.5 Å². The summed E-state index contributed by atoms with van der Waals surface area (Å²) < 4.78 is 14.3. The number of nitrogens with one attached hydrogen (secondary N) is 2. The smallest absolute Gasteiger partial charge is 0.252 e. The first-order valence-electron chi connectivity index (χ1n) is 8.58. The van der Waals surface area contributed by atoms with E-state index in [1.165, 1.54) is 0 Å². The van der Waals surface area contributed by atoms with Gasteiger partial charge in [-0.05, 0) is 43.2 Å². The van der Waals surface area contributed by atoms with E-state index in [1.54, 1.807) is 12.3 Å². The van der Waals surface area contributed by atoms with Crippen LogP contribution in [0.2, 0.25) is 0 Å². The zero-order chi connectivity index (χ0) is 19.0. The Morgan fingerprint density at radius 2 is 2.04 bits per heavy atom. The molecule has 7 nitrogen and oxygen atoms in total. The van der Waals surface area contributed by atoms with Gasteiger partial charge in [0.25, 0.3) is 5.91 Å². The summed E-state index contributed by atoms with van der Waals surface area (Å²) >= 11 is 0. The number of hydrogen-bond donors (Lipinski definition) is 4. The number of nitrogens with two attached hydrogens (primary N) is 2. The van der Waals surface area contributed by atoms with E-state index >= 15 is 0 Å². The zero-order valence-corrected chi connectivity index (χ0v) is 14.5. The molecule has 1 aromatic carbocycles. The van der Waals surface area contributed by atoms with Gasteiger partial charge in [-0.1, -0.05) is 6.07 Å². The van der Waals surface area contributed by atoms with Crippen molar-refractivity contribution in [3.63, 3.8) is 0 Å².